The van der Waals surface area contributed by atoms with Crippen LogP contribution in [0.15, 0.2) is 22.7 Å². The van der Waals surface area contributed by atoms with Crippen LogP contribution in [0.3, 0.4) is 0 Å². The van der Waals surface area contributed by atoms with Crippen LogP contribution in [0.2, 0.25) is 0 Å². The molecule has 4 nitrogen and oxygen atoms in total. The smallest absolute Gasteiger partial charge is 0.310 e. The average Bonchev–Trinajstić information content (AvgIpc) is 2.71. The molecule has 0 aliphatic heterocycles. The third-order valence-corrected chi connectivity index (χ3v) is 2.94. The Hall–Kier alpha value is -1.84. The highest BCUT2D eigenvalue weighted by atomic mass is 16.5. The Kier molecular flexibility index (Phi) is 2.88. The van der Waals surface area contributed by atoms with Crippen molar-refractivity contribution >= 4 is 16.9 Å². The van der Waals surface area contributed by atoms with Gasteiger partial charge in [0.1, 0.15) is 0 Å². The summed E-state index contributed by atoms with van der Waals surface area (Å²) in [5.74, 6) is -1.20. The van der Waals surface area contributed by atoms with Gasteiger partial charge in [-0.2, -0.15) is 0 Å². The number of carboxylic acids is 1. The lowest BCUT2D eigenvalue weighted by Gasteiger charge is -2.06. The third-order valence-electron chi connectivity index (χ3n) is 2.94. The van der Waals surface area contributed by atoms with E-state index in [0.717, 1.165) is 11.1 Å². The zero-order valence-electron chi connectivity index (χ0n) is 10.1. The fourth-order valence-electron chi connectivity index (χ4n) is 1.89. The highest BCUT2D eigenvalue weighted by Crippen LogP contribution is 2.30. The van der Waals surface area contributed by atoms with Crippen LogP contribution in [0.25, 0.3) is 11.0 Å². The summed E-state index contributed by atoms with van der Waals surface area (Å²) in [5.41, 5.74) is 2.14. The zero-order valence-corrected chi connectivity index (χ0v) is 10.1. The number of nitrogens with zero attached hydrogens (tertiary/aromatic N) is 1. The lowest BCUT2D eigenvalue weighted by atomic mass is 9.97. The maximum atomic E-state index is 11.0. The van der Waals surface area contributed by atoms with Crippen LogP contribution in [-0.2, 0) is 4.79 Å². The van der Waals surface area contributed by atoms with Crippen LogP contribution >= 0.6 is 0 Å². The predicted molar refractivity (Wildman–Crippen MR) is 64.1 cm³/mol. The van der Waals surface area contributed by atoms with Crippen LogP contribution in [0, 0.1) is 0 Å². The molecule has 0 saturated carbocycles. The van der Waals surface area contributed by atoms with Crippen molar-refractivity contribution in [2.45, 2.75) is 32.6 Å². The summed E-state index contributed by atoms with van der Waals surface area (Å²) in [6.07, 6.45) is 0. The van der Waals surface area contributed by atoms with E-state index in [0.29, 0.717) is 11.1 Å². The summed E-state index contributed by atoms with van der Waals surface area (Å²) in [4.78, 5) is 11.0. The SMILES string of the molecule is CC(C)c1noc2c(C(C)C(=O)O)cccc12. The molecule has 0 aliphatic rings. The molecule has 2 aromatic rings. The van der Waals surface area contributed by atoms with Crippen LogP contribution in [0.4, 0.5) is 0 Å². The number of rotatable bonds is 3. The molecule has 0 bridgehead atoms. The highest BCUT2D eigenvalue weighted by molar-refractivity contribution is 5.88. The topological polar surface area (TPSA) is 63.3 Å². The maximum absolute atomic E-state index is 11.0. The number of carbonyl (C=O) groups is 1. The summed E-state index contributed by atoms with van der Waals surface area (Å²) >= 11 is 0. The van der Waals surface area contributed by atoms with Crippen molar-refractivity contribution < 1.29 is 14.4 Å². The van der Waals surface area contributed by atoms with Gasteiger partial charge >= 0.3 is 5.97 Å². The Bertz CT molecular complexity index is 557. The van der Waals surface area contributed by atoms with Gasteiger partial charge in [-0.05, 0) is 18.9 Å². The average molecular weight is 233 g/mol. The van der Waals surface area contributed by atoms with E-state index in [1.165, 1.54) is 0 Å². The monoisotopic (exact) mass is 233 g/mol. The van der Waals surface area contributed by atoms with Crippen LogP contribution in [-0.4, -0.2) is 16.2 Å². The summed E-state index contributed by atoms with van der Waals surface area (Å²) < 4.78 is 5.30. The van der Waals surface area contributed by atoms with Gasteiger partial charge in [0.15, 0.2) is 5.58 Å². The first-order chi connectivity index (χ1) is 8.02. The van der Waals surface area contributed by atoms with Crippen molar-refractivity contribution in [1.29, 1.82) is 0 Å². The number of hydrogen-bond acceptors (Lipinski definition) is 3. The lowest BCUT2D eigenvalue weighted by Crippen LogP contribution is -2.07. The predicted octanol–water partition coefficient (Wildman–Crippen LogP) is 3.14. The van der Waals surface area contributed by atoms with E-state index in [-0.39, 0.29) is 5.92 Å². The van der Waals surface area contributed by atoms with Gasteiger partial charge in [-0.3, -0.25) is 4.79 Å². The molecule has 90 valence electrons. The Labute approximate surface area is 99.2 Å². The first kappa shape index (κ1) is 11.6. The molecule has 2 rings (SSSR count). The lowest BCUT2D eigenvalue weighted by molar-refractivity contribution is -0.138. The molecular weight excluding hydrogens is 218 g/mol. The number of aromatic nitrogens is 1. The van der Waals surface area contributed by atoms with Gasteiger partial charge in [0.2, 0.25) is 0 Å². The molecular formula is C13H15NO3. The molecule has 1 heterocycles. The normalized spacial score (nSPS) is 13.2. The summed E-state index contributed by atoms with van der Waals surface area (Å²) in [6.45, 7) is 5.71. The number of benzene rings is 1. The molecule has 0 amide bonds. The van der Waals surface area contributed by atoms with Crippen LogP contribution in [0.1, 0.15) is 43.9 Å². The van der Waals surface area contributed by atoms with Gasteiger partial charge in [-0.1, -0.05) is 31.1 Å². The van der Waals surface area contributed by atoms with Crippen molar-refractivity contribution in [2.24, 2.45) is 0 Å². The van der Waals surface area contributed by atoms with Gasteiger partial charge in [0.05, 0.1) is 11.6 Å². The van der Waals surface area contributed by atoms with Gasteiger partial charge in [0, 0.05) is 10.9 Å². The number of fused-ring (bicyclic) bond motifs is 1. The highest BCUT2D eigenvalue weighted by Gasteiger charge is 2.21. The minimum Gasteiger partial charge on any atom is -0.481 e. The standard InChI is InChI=1S/C13H15NO3/c1-7(2)11-10-6-4-5-9(8(3)13(15)16)12(10)17-14-11/h4-8H,1-3H3,(H,15,16). The van der Waals surface area contributed by atoms with E-state index in [9.17, 15) is 4.79 Å². The van der Waals surface area contributed by atoms with Gasteiger partial charge in [0.25, 0.3) is 0 Å². The molecule has 0 saturated heterocycles. The Morgan fingerprint density at radius 1 is 1.35 bits per heavy atom. The van der Waals surface area contributed by atoms with Crippen LogP contribution in [0.5, 0.6) is 0 Å². The number of carboxylic acid groups (broad SMARTS) is 1. The largest absolute Gasteiger partial charge is 0.481 e. The Morgan fingerprint density at radius 3 is 2.65 bits per heavy atom. The molecule has 1 N–H and O–H groups in total. The molecule has 0 radical (unpaired) electrons. The molecule has 0 spiro atoms. The molecule has 4 heteroatoms. The van der Waals surface area contributed by atoms with Crippen molar-refractivity contribution in [3.63, 3.8) is 0 Å². The fraction of sp³-hybridized carbons (Fsp3) is 0.385. The Morgan fingerprint density at radius 2 is 2.06 bits per heavy atom. The molecule has 1 aromatic heterocycles. The number of para-hydroxylation sites is 1. The van der Waals surface area contributed by atoms with E-state index >= 15 is 0 Å². The second-order valence-corrected chi connectivity index (χ2v) is 4.51. The minimum atomic E-state index is -0.861. The number of hydrogen-bond donors (Lipinski definition) is 1. The molecule has 1 unspecified atom stereocenters. The molecule has 0 fully saturated rings. The van der Waals surface area contributed by atoms with Gasteiger partial charge < -0.3 is 9.63 Å². The molecule has 0 aliphatic carbocycles. The molecule has 17 heavy (non-hydrogen) atoms. The fourth-order valence-corrected chi connectivity index (χ4v) is 1.89. The van der Waals surface area contributed by atoms with Crippen molar-refractivity contribution in [1.82, 2.24) is 5.16 Å². The molecule has 1 atom stereocenters. The minimum absolute atomic E-state index is 0.256. The van der Waals surface area contributed by atoms with E-state index in [4.69, 9.17) is 9.63 Å². The second kappa shape index (κ2) is 4.20. The van der Waals surface area contributed by atoms with Gasteiger partial charge in [-0.15, -0.1) is 0 Å². The van der Waals surface area contributed by atoms with Crippen LogP contribution < -0.4 is 0 Å². The first-order valence-electron chi connectivity index (χ1n) is 5.63. The number of aliphatic carboxylic acids is 1. The summed E-state index contributed by atoms with van der Waals surface area (Å²) in [7, 11) is 0. The van der Waals surface area contributed by atoms with E-state index in [1.807, 2.05) is 26.0 Å². The van der Waals surface area contributed by atoms with Crippen molar-refractivity contribution in [2.75, 3.05) is 0 Å². The second-order valence-electron chi connectivity index (χ2n) is 4.51. The molecule has 1 aromatic carbocycles. The van der Waals surface area contributed by atoms with Gasteiger partial charge in [-0.25, -0.2) is 0 Å². The van der Waals surface area contributed by atoms with E-state index in [2.05, 4.69) is 5.16 Å². The first-order valence-corrected chi connectivity index (χ1v) is 5.63. The van der Waals surface area contributed by atoms with E-state index < -0.39 is 11.9 Å². The van der Waals surface area contributed by atoms with Crippen molar-refractivity contribution in [3.8, 4) is 0 Å². The van der Waals surface area contributed by atoms with E-state index in [1.54, 1.807) is 13.0 Å². The van der Waals surface area contributed by atoms with Crippen molar-refractivity contribution in [3.05, 3.63) is 29.5 Å². The summed E-state index contributed by atoms with van der Waals surface area (Å²) in [6, 6.07) is 5.54. The zero-order chi connectivity index (χ0) is 12.6. The quantitative estimate of drug-likeness (QED) is 0.884. The summed E-state index contributed by atoms with van der Waals surface area (Å²) in [5, 5.41) is 14.0. The Balaban J connectivity index is 2.63. The third kappa shape index (κ3) is 1.90. The maximum Gasteiger partial charge on any atom is 0.310 e.